The number of nitrogens with one attached hydrogen (secondary N) is 1. The Labute approximate surface area is 150 Å². The Kier molecular flexibility index (Phi) is 6.14. The van der Waals surface area contributed by atoms with Gasteiger partial charge in [-0.1, -0.05) is 31.9 Å². The van der Waals surface area contributed by atoms with Crippen molar-refractivity contribution in [3.05, 3.63) is 54.9 Å². The monoisotopic (exact) mass is 475 g/mol. The van der Waals surface area contributed by atoms with Crippen LogP contribution in [-0.2, 0) is 6.54 Å². The van der Waals surface area contributed by atoms with Gasteiger partial charge in [0.1, 0.15) is 5.75 Å². The molecule has 2 nitrogen and oxygen atoms in total. The van der Waals surface area contributed by atoms with E-state index in [4.69, 9.17) is 4.74 Å². The Morgan fingerprint density at radius 3 is 2.38 bits per heavy atom. The van der Waals surface area contributed by atoms with Crippen molar-refractivity contribution in [1.29, 1.82) is 0 Å². The molecule has 5 heteroatoms. The van der Waals surface area contributed by atoms with Crippen LogP contribution < -0.4 is 10.1 Å². The van der Waals surface area contributed by atoms with Crippen molar-refractivity contribution < 1.29 is 4.74 Å². The molecule has 0 aliphatic carbocycles. The lowest BCUT2D eigenvalue weighted by molar-refractivity contribution is 0.334. The van der Waals surface area contributed by atoms with Gasteiger partial charge in [-0.3, -0.25) is 0 Å². The molecule has 0 spiro atoms. The topological polar surface area (TPSA) is 21.3 Å². The first-order valence-electron chi connectivity index (χ1n) is 6.61. The maximum atomic E-state index is 5.74. The first-order chi connectivity index (χ1) is 9.99. The van der Waals surface area contributed by atoms with Gasteiger partial charge in [0.2, 0.25) is 0 Å². The van der Waals surface area contributed by atoms with Crippen molar-refractivity contribution in [2.24, 2.45) is 0 Å². The van der Waals surface area contributed by atoms with E-state index in [0.29, 0.717) is 13.2 Å². The van der Waals surface area contributed by atoms with Gasteiger partial charge in [0, 0.05) is 26.7 Å². The molecule has 0 aliphatic rings. The van der Waals surface area contributed by atoms with E-state index < -0.39 is 0 Å². The predicted octanol–water partition coefficient (Wildman–Crippen LogP) is 6.29. The molecule has 21 heavy (non-hydrogen) atoms. The smallest absolute Gasteiger partial charge is 0.138 e. The third-order valence-electron chi connectivity index (χ3n) is 2.90. The third-order valence-corrected chi connectivity index (χ3v) is 4.40. The number of anilines is 1. The number of rotatable bonds is 5. The Balaban J connectivity index is 2.22. The van der Waals surface area contributed by atoms with Crippen molar-refractivity contribution in [3.63, 3.8) is 0 Å². The average Bonchev–Trinajstić information content (AvgIpc) is 2.38. The molecule has 2 rings (SSSR count). The van der Waals surface area contributed by atoms with Gasteiger partial charge >= 0.3 is 0 Å². The minimum atomic E-state index is 0.642. The van der Waals surface area contributed by atoms with Gasteiger partial charge in [-0.05, 0) is 65.7 Å². The fraction of sp³-hybridized carbons (Fsp3) is 0.250. The SMILES string of the molecule is CCOc1c(Br)cc(Br)cc1CNc1cc(C)cc(Br)c1. The lowest BCUT2D eigenvalue weighted by Gasteiger charge is -2.15. The van der Waals surface area contributed by atoms with Gasteiger partial charge in [0.25, 0.3) is 0 Å². The Morgan fingerprint density at radius 1 is 1.00 bits per heavy atom. The third kappa shape index (κ3) is 4.73. The summed E-state index contributed by atoms with van der Waals surface area (Å²) < 4.78 is 8.80. The van der Waals surface area contributed by atoms with E-state index >= 15 is 0 Å². The second kappa shape index (κ2) is 7.65. The highest BCUT2D eigenvalue weighted by Crippen LogP contribution is 2.33. The normalized spacial score (nSPS) is 10.5. The molecule has 0 saturated heterocycles. The molecule has 0 atom stereocenters. The molecule has 1 N–H and O–H groups in total. The summed E-state index contributed by atoms with van der Waals surface area (Å²) in [6.45, 7) is 5.41. The highest BCUT2D eigenvalue weighted by molar-refractivity contribution is 9.11. The maximum Gasteiger partial charge on any atom is 0.138 e. The molecule has 0 amide bonds. The van der Waals surface area contributed by atoms with Crippen LogP contribution in [0.25, 0.3) is 0 Å². The van der Waals surface area contributed by atoms with Crippen molar-refractivity contribution in [1.82, 2.24) is 0 Å². The number of halogens is 3. The van der Waals surface area contributed by atoms with E-state index in [1.165, 1.54) is 5.56 Å². The van der Waals surface area contributed by atoms with Crippen molar-refractivity contribution in [2.45, 2.75) is 20.4 Å². The van der Waals surface area contributed by atoms with E-state index in [2.05, 4.69) is 84.3 Å². The average molecular weight is 478 g/mol. The van der Waals surface area contributed by atoms with E-state index in [-0.39, 0.29) is 0 Å². The first kappa shape index (κ1) is 16.8. The lowest BCUT2D eigenvalue weighted by atomic mass is 10.2. The molecule has 0 saturated carbocycles. The molecule has 0 aromatic heterocycles. The van der Waals surface area contributed by atoms with E-state index in [1.54, 1.807) is 0 Å². The summed E-state index contributed by atoms with van der Waals surface area (Å²) in [6.07, 6.45) is 0. The summed E-state index contributed by atoms with van der Waals surface area (Å²) in [5, 5.41) is 3.44. The Hall–Kier alpha value is -0.520. The molecule has 0 radical (unpaired) electrons. The van der Waals surface area contributed by atoms with E-state index in [0.717, 1.165) is 30.4 Å². The van der Waals surface area contributed by atoms with Crippen LogP contribution in [0.2, 0.25) is 0 Å². The quantitative estimate of drug-likeness (QED) is 0.546. The molecule has 0 aliphatic heterocycles. The minimum absolute atomic E-state index is 0.642. The second-order valence-electron chi connectivity index (χ2n) is 4.68. The van der Waals surface area contributed by atoms with Crippen molar-refractivity contribution in [3.8, 4) is 5.75 Å². The summed E-state index contributed by atoms with van der Waals surface area (Å²) >= 11 is 10.6. The second-order valence-corrected chi connectivity index (χ2v) is 7.37. The van der Waals surface area contributed by atoms with Gasteiger partial charge in [0.15, 0.2) is 0 Å². The van der Waals surface area contributed by atoms with Gasteiger partial charge in [-0.2, -0.15) is 0 Å². The van der Waals surface area contributed by atoms with Crippen molar-refractivity contribution >= 4 is 53.5 Å². The van der Waals surface area contributed by atoms with Crippen LogP contribution in [0.15, 0.2) is 43.7 Å². The number of ether oxygens (including phenoxy) is 1. The highest BCUT2D eigenvalue weighted by atomic mass is 79.9. The predicted molar refractivity (Wildman–Crippen MR) is 99.2 cm³/mol. The summed E-state index contributed by atoms with van der Waals surface area (Å²) in [5.41, 5.74) is 3.41. The summed E-state index contributed by atoms with van der Waals surface area (Å²) in [6, 6.07) is 10.4. The number of benzene rings is 2. The van der Waals surface area contributed by atoms with Crippen LogP contribution in [0, 0.1) is 6.92 Å². The minimum Gasteiger partial charge on any atom is -0.492 e. The molecule has 2 aromatic carbocycles. The summed E-state index contributed by atoms with van der Waals surface area (Å²) in [4.78, 5) is 0. The zero-order chi connectivity index (χ0) is 15.4. The zero-order valence-corrected chi connectivity index (χ0v) is 16.6. The number of hydrogen-bond donors (Lipinski definition) is 1. The zero-order valence-electron chi connectivity index (χ0n) is 11.8. The maximum absolute atomic E-state index is 5.74. The molecular formula is C16H16Br3NO. The Bertz CT molecular complexity index is 623. The van der Waals surface area contributed by atoms with Crippen LogP contribution >= 0.6 is 47.8 Å². The number of aryl methyl sites for hydroxylation is 1. The van der Waals surface area contributed by atoms with Crippen LogP contribution in [0.5, 0.6) is 5.75 Å². The molecule has 2 aromatic rings. The molecule has 0 bridgehead atoms. The summed E-state index contributed by atoms with van der Waals surface area (Å²) in [7, 11) is 0. The van der Waals surface area contributed by atoms with Gasteiger partial charge in [-0.25, -0.2) is 0 Å². The van der Waals surface area contributed by atoms with E-state index in [9.17, 15) is 0 Å². The van der Waals surface area contributed by atoms with Crippen LogP contribution in [0.4, 0.5) is 5.69 Å². The molecule has 0 unspecified atom stereocenters. The van der Waals surface area contributed by atoms with E-state index in [1.807, 2.05) is 13.0 Å². The van der Waals surface area contributed by atoms with Gasteiger partial charge in [0.05, 0.1) is 11.1 Å². The van der Waals surface area contributed by atoms with Gasteiger partial charge < -0.3 is 10.1 Å². The lowest BCUT2D eigenvalue weighted by Crippen LogP contribution is -2.04. The first-order valence-corrected chi connectivity index (χ1v) is 8.99. The fourth-order valence-electron chi connectivity index (χ4n) is 2.09. The molecular weight excluding hydrogens is 462 g/mol. The summed E-state index contributed by atoms with van der Waals surface area (Å²) in [5.74, 6) is 0.889. The Morgan fingerprint density at radius 2 is 1.71 bits per heavy atom. The highest BCUT2D eigenvalue weighted by Gasteiger charge is 2.10. The fourth-order valence-corrected chi connectivity index (χ4v) is 4.12. The van der Waals surface area contributed by atoms with Crippen molar-refractivity contribution in [2.75, 3.05) is 11.9 Å². The molecule has 0 fully saturated rings. The van der Waals surface area contributed by atoms with Crippen LogP contribution in [0.1, 0.15) is 18.1 Å². The van der Waals surface area contributed by atoms with Crippen LogP contribution in [-0.4, -0.2) is 6.61 Å². The van der Waals surface area contributed by atoms with Gasteiger partial charge in [-0.15, -0.1) is 0 Å². The van der Waals surface area contributed by atoms with Crippen LogP contribution in [0.3, 0.4) is 0 Å². The standard InChI is InChI=1S/C16H16Br3NO/c1-3-21-16-11(6-13(18)8-15(16)19)9-20-14-5-10(2)4-12(17)7-14/h4-8,20H,3,9H2,1-2H3. The number of hydrogen-bond acceptors (Lipinski definition) is 2. The molecule has 112 valence electrons. The largest absolute Gasteiger partial charge is 0.492 e. The molecule has 0 heterocycles.